The van der Waals surface area contributed by atoms with Crippen LogP contribution in [0, 0.1) is 0 Å². The quantitative estimate of drug-likeness (QED) is 0.719. The summed E-state index contributed by atoms with van der Waals surface area (Å²) in [5.41, 5.74) is 1.44. The molecule has 1 aliphatic rings. The molecular weight excluding hydrogens is 294 g/mol. The van der Waals surface area contributed by atoms with Crippen molar-refractivity contribution in [1.82, 2.24) is 24.7 Å². The van der Waals surface area contributed by atoms with Crippen LogP contribution in [0.2, 0.25) is 0 Å². The number of pyridine rings is 1. The summed E-state index contributed by atoms with van der Waals surface area (Å²) in [4.78, 5) is 18.6. The molecule has 4 rings (SSSR count). The fourth-order valence-corrected chi connectivity index (χ4v) is 2.54. The molecule has 23 heavy (non-hydrogen) atoms. The van der Waals surface area contributed by atoms with Gasteiger partial charge in [0.15, 0.2) is 5.82 Å². The van der Waals surface area contributed by atoms with E-state index in [9.17, 15) is 4.79 Å². The van der Waals surface area contributed by atoms with Gasteiger partial charge in [0.25, 0.3) is 5.91 Å². The maximum Gasteiger partial charge on any atom is 0.272 e. The molecule has 7 nitrogen and oxygen atoms in total. The van der Waals surface area contributed by atoms with E-state index in [0.717, 1.165) is 24.2 Å². The standard InChI is InChI=1S/C16H17N5O2/c1-20(10-8-14-18-15(23-19-14)11-5-6-11)16(22)13-4-2-3-12-7-9-17-21(12)13/h2-4,7,9,11H,5-6,8,10H2,1H3. The fraction of sp³-hybridized carbons (Fsp3) is 0.375. The van der Waals surface area contributed by atoms with Gasteiger partial charge in [-0.3, -0.25) is 4.79 Å². The molecule has 0 bridgehead atoms. The van der Waals surface area contributed by atoms with Crippen molar-refractivity contribution >= 4 is 11.4 Å². The molecule has 1 amide bonds. The second-order valence-electron chi connectivity index (χ2n) is 5.88. The average Bonchev–Trinajstić information content (AvgIpc) is 3.12. The van der Waals surface area contributed by atoms with Gasteiger partial charge in [-0.05, 0) is 31.0 Å². The van der Waals surface area contributed by atoms with E-state index in [-0.39, 0.29) is 5.91 Å². The lowest BCUT2D eigenvalue weighted by molar-refractivity contribution is 0.0787. The first-order chi connectivity index (χ1) is 11.2. The summed E-state index contributed by atoms with van der Waals surface area (Å²) in [6.07, 6.45) is 4.53. The Morgan fingerprint density at radius 3 is 3.09 bits per heavy atom. The molecule has 3 heterocycles. The molecule has 1 saturated carbocycles. The van der Waals surface area contributed by atoms with E-state index in [1.54, 1.807) is 28.7 Å². The Kier molecular flexibility index (Phi) is 3.33. The lowest BCUT2D eigenvalue weighted by atomic mass is 10.3. The number of aromatic nitrogens is 4. The van der Waals surface area contributed by atoms with E-state index in [2.05, 4.69) is 15.2 Å². The summed E-state index contributed by atoms with van der Waals surface area (Å²) in [6.45, 7) is 0.528. The molecule has 0 atom stereocenters. The predicted molar refractivity (Wildman–Crippen MR) is 82.1 cm³/mol. The van der Waals surface area contributed by atoms with Gasteiger partial charge >= 0.3 is 0 Å². The van der Waals surface area contributed by atoms with Gasteiger partial charge in [-0.15, -0.1) is 0 Å². The van der Waals surface area contributed by atoms with Crippen LogP contribution in [-0.2, 0) is 6.42 Å². The summed E-state index contributed by atoms with van der Waals surface area (Å²) in [5, 5.41) is 8.18. The summed E-state index contributed by atoms with van der Waals surface area (Å²) in [5.74, 6) is 1.76. The van der Waals surface area contributed by atoms with Gasteiger partial charge in [0, 0.05) is 25.9 Å². The van der Waals surface area contributed by atoms with Crippen molar-refractivity contribution in [3.63, 3.8) is 0 Å². The molecule has 0 aromatic carbocycles. The van der Waals surface area contributed by atoms with Gasteiger partial charge in [-0.2, -0.15) is 10.1 Å². The van der Waals surface area contributed by atoms with Crippen LogP contribution in [-0.4, -0.2) is 44.2 Å². The number of hydrogen-bond donors (Lipinski definition) is 0. The van der Waals surface area contributed by atoms with Crippen LogP contribution in [0.4, 0.5) is 0 Å². The third-order valence-corrected chi connectivity index (χ3v) is 4.07. The molecule has 1 aliphatic carbocycles. The summed E-state index contributed by atoms with van der Waals surface area (Å²) >= 11 is 0. The highest BCUT2D eigenvalue weighted by Crippen LogP contribution is 2.38. The van der Waals surface area contributed by atoms with Crippen LogP contribution < -0.4 is 0 Å². The summed E-state index contributed by atoms with van der Waals surface area (Å²) in [7, 11) is 1.77. The van der Waals surface area contributed by atoms with Crippen LogP contribution in [0.5, 0.6) is 0 Å². The van der Waals surface area contributed by atoms with Gasteiger partial charge < -0.3 is 9.42 Å². The predicted octanol–water partition coefficient (Wildman–Crippen LogP) is 1.91. The Bertz CT molecular complexity index is 849. The highest BCUT2D eigenvalue weighted by molar-refractivity contribution is 5.93. The van der Waals surface area contributed by atoms with Crippen molar-refractivity contribution in [2.45, 2.75) is 25.2 Å². The van der Waals surface area contributed by atoms with Crippen molar-refractivity contribution in [1.29, 1.82) is 0 Å². The van der Waals surface area contributed by atoms with Gasteiger partial charge in [0.05, 0.1) is 11.7 Å². The molecular formula is C16H17N5O2. The normalized spacial score (nSPS) is 14.3. The van der Waals surface area contributed by atoms with Crippen LogP contribution in [0.15, 0.2) is 35.0 Å². The third kappa shape index (κ3) is 2.69. The largest absolute Gasteiger partial charge is 0.340 e. The second kappa shape index (κ2) is 5.49. The molecule has 0 aliphatic heterocycles. The van der Waals surface area contributed by atoms with Crippen LogP contribution in [0.1, 0.15) is 41.0 Å². The molecule has 118 valence electrons. The van der Waals surface area contributed by atoms with E-state index in [0.29, 0.717) is 30.4 Å². The number of carbonyl (C=O) groups is 1. The smallest absolute Gasteiger partial charge is 0.272 e. The number of amides is 1. The topological polar surface area (TPSA) is 76.5 Å². The molecule has 0 saturated heterocycles. The highest BCUT2D eigenvalue weighted by Gasteiger charge is 2.29. The molecule has 0 radical (unpaired) electrons. The SMILES string of the molecule is CN(CCc1noc(C2CC2)n1)C(=O)c1cccc2ccnn12. The Morgan fingerprint density at radius 1 is 1.39 bits per heavy atom. The van der Waals surface area contributed by atoms with Crippen molar-refractivity contribution in [2.24, 2.45) is 0 Å². The first-order valence-electron chi connectivity index (χ1n) is 7.73. The average molecular weight is 311 g/mol. The first-order valence-corrected chi connectivity index (χ1v) is 7.73. The van der Waals surface area contributed by atoms with Crippen LogP contribution in [0.25, 0.3) is 5.52 Å². The minimum absolute atomic E-state index is 0.0785. The maximum atomic E-state index is 12.6. The molecule has 0 N–H and O–H groups in total. The number of hydrogen-bond acceptors (Lipinski definition) is 5. The monoisotopic (exact) mass is 311 g/mol. The van der Waals surface area contributed by atoms with E-state index >= 15 is 0 Å². The molecule has 3 aromatic rings. The van der Waals surface area contributed by atoms with Crippen LogP contribution >= 0.6 is 0 Å². The Hall–Kier alpha value is -2.70. The number of fused-ring (bicyclic) bond motifs is 1. The van der Waals surface area contributed by atoms with Gasteiger partial charge in [0.2, 0.25) is 5.89 Å². The van der Waals surface area contributed by atoms with Gasteiger partial charge in [0.1, 0.15) is 5.69 Å². The molecule has 0 spiro atoms. The highest BCUT2D eigenvalue weighted by atomic mass is 16.5. The van der Waals surface area contributed by atoms with Gasteiger partial charge in [-0.1, -0.05) is 11.2 Å². The number of carbonyl (C=O) groups excluding carboxylic acids is 1. The zero-order chi connectivity index (χ0) is 15.8. The van der Waals surface area contributed by atoms with Crippen molar-refractivity contribution in [2.75, 3.05) is 13.6 Å². The Morgan fingerprint density at radius 2 is 2.26 bits per heavy atom. The zero-order valence-electron chi connectivity index (χ0n) is 12.8. The third-order valence-electron chi connectivity index (χ3n) is 4.07. The molecule has 0 unspecified atom stereocenters. The maximum absolute atomic E-state index is 12.6. The number of rotatable bonds is 5. The lowest BCUT2D eigenvalue weighted by Gasteiger charge is -2.16. The van der Waals surface area contributed by atoms with E-state index in [4.69, 9.17) is 4.52 Å². The van der Waals surface area contributed by atoms with Gasteiger partial charge in [-0.25, -0.2) is 4.52 Å². The first kappa shape index (κ1) is 13.9. The molecule has 1 fully saturated rings. The van der Waals surface area contributed by atoms with Crippen molar-refractivity contribution < 1.29 is 9.32 Å². The number of likely N-dealkylation sites (N-methyl/N-ethyl adjacent to an activating group) is 1. The van der Waals surface area contributed by atoms with E-state index in [1.807, 2.05) is 18.2 Å². The second-order valence-corrected chi connectivity index (χ2v) is 5.88. The summed E-state index contributed by atoms with van der Waals surface area (Å²) < 4.78 is 6.89. The van der Waals surface area contributed by atoms with E-state index < -0.39 is 0 Å². The molecule has 7 heteroatoms. The van der Waals surface area contributed by atoms with Crippen molar-refractivity contribution in [3.05, 3.63) is 47.9 Å². The Labute approximate surface area is 132 Å². The van der Waals surface area contributed by atoms with E-state index in [1.165, 1.54) is 0 Å². The fourth-order valence-electron chi connectivity index (χ4n) is 2.54. The lowest BCUT2D eigenvalue weighted by Crippen LogP contribution is -2.30. The van der Waals surface area contributed by atoms with Crippen LogP contribution in [0.3, 0.4) is 0 Å². The zero-order valence-corrected chi connectivity index (χ0v) is 12.8. The minimum Gasteiger partial charge on any atom is -0.340 e. The van der Waals surface area contributed by atoms with Crippen molar-refractivity contribution in [3.8, 4) is 0 Å². The molecule has 3 aromatic heterocycles. The minimum atomic E-state index is -0.0785. The summed E-state index contributed by atoms with van der Waals surface area (Å²) in [6, 6.07) is 7.43. The Balaban J connectivity index is 1.44. The number of nitrogens with zero attached hydrogens (tertiary/aromatic N) is 5.